The zero-order valence-electron chi connectivity index (χ0n) is 9.37. The molecule has 1 rings (SSSR count). The van der Waals surface area contributed by atoms with E-state index in [2.05, 4.69) is 5.32 Å². The lowest BCUT2D eigenvalue weighted by Gasteiger charge is -2.09. The quantitative estimate of drug-likeness (QED) is 0.536. The Morgan fingerprint density at radius 1 is 1.33 bits per heavy atom. The smallest absolute Gasteiger partial charge is 0.334 e. The van der Waals surface area contributed by atoms with Crippen molar-refractivity contribution >= 4 is 11.9 Å². The van der Waals surface area contributed by atoms with Crippen molar-refractivity contribution in [1.29, 1.82) is 0 Å². The van der Waals surface area contributed by atoms with E-state index in [0.29, 0.717) is 0 Å². The highest BCUT2D eigenvalue weighted by atomic mass is 16.5. The first-order chi connectivity index (χ1) is 8.50. The molecule has 0 radical (unpaired) electrons. The molecule has 0 saturated heterocycles. The van der Waals surface area contributed by atoms with E-state index in [1.165, 1.54) is 12.1 Å². The van der Waals surface area contributed by atoms with Crippen LogP contribution >= 0.6 is 0 Å². The molecule has 7 nitrogen and oxygen atoms in total. The van der Waals surface area contributed by atoms with Gasteiger partial charge in [0.15, 0.2) is 24.2 Å². The lowest BCUT2D eigenvalue weighted by molar-refractivity contribution is -0.146. The van der Waals surface area contributed by atoms with Crippen LogP contribution in [0.2, 0.25) is 0 Å². The number of hydrogen-bond acceptors (Lipinski definition) is 5. The fourth-order valence-corrected chi connectivity index (χ4v) is 1.07. The SMILES string of the molecule is O=C(COc1ccccc1O)NC[C@H](O)C(=O)O. The van der Waals surface area contributed by atoms with Crippen molar-refractivity contribution in [1.82, 2.24) is 5.32 Å². The highest BCUT2D eigenvalue weighted by molar-refractivity contribution is 5.79. The Bertz CT molecular complexity index is 433. The molecule has 4 N–H and O–H groups in total. The van der Waals surface area contributed by atoms with Gasteiger partial charge < -0.3 is 25.4 Å². The summed E-state index contributed by atoms with van der Waals surface area (Å²) in [6.45, 7) is -0.789. The van der Waals surface area contributed by atoms with Gasteiger partial charge >= 0.3 is 5.97 Å². The normalized spacial score (nSPS) is 11.6. The lowest BCUT2D eigenvalue weighted by atomic mass is 10.3. The maximum Gasteiger partial charge on any atom is 0.334 e. The Balaban J connectivity index is 2.34. The largest absolute Gasteiger partial charge is 0.504 e. The molecule has 0 fully saturated rings. The number of carbonyl (C=O) groups excluding carboxylic acids is 1. The van der Waals surface area contributed by atoms with Crippen LogP contribution in [0.1, 0.15) is 0 Å². The van der Waals surface area contributed by atoms with E-state index in [1.807, 2.05) is 0 Å². The second kappa shape index (κ2) is 6.45. The monoisotopic (exact) mass is 255 g/mol. The number of hydrogen-bond donors (Lipinski definition) is 4. The Kier molecular flexibility index (Phi) is 4.94. The van der Waals surface area contributed by atoms with Gasteiger partial charge in [0.2, 0.25) is 0 Å². The van der Waals surface area contributed by atoms with Crippen molar-refractivity contribution in [3.8, 4) is 11.5 Å². The van der Waals surface area contributed by atoms with Crippen LogP contribution in [0.4, 0.5) is 0 Å². The topological polar surface area (TPSA) is 116 Å². The third-order valence-corrected chi connectivity index (χ3v) is 2.00. The van der Waals surface area contributed by atoms with Crippen LogP contribution in [0.3, 0.4) is 0 Å². The maximum atomic E-state index is 11.2. The van der Waals surface area contributed by atoms with Crippen molar-refractivity contribution in [2.24, 2.45) is 0 Å². The molecule has 0 aliphatic carbocycles. The van der Waals surface area contributed by atoms with Crippen molar-refractivity contribution in [3.05, 3.63) is 24.3 Å². The first-order valence-corrected chi connectivity index (χ1v) is 5.09. The van der Waals surface area contributed by atoms with E-state index in [4.69, 9.17) is 14.9 Å². The number of nitrogens with one attached hydrogen (secondary N) is 1. The lowest BCUT2D eigenvalue weighted by Crippen LogP contribution is -2.38. The molecule has 7 heteroatoms. The molecule has 0 bridgehead atoms. The molecule has 0 heterocycles. The maximum absolute atomic E-state index is 11.2. The number of rotatable bonds is 6. The van der Waals surface area contributed by atoms with Gasteiger partial charge in [-0.05, 0) is 12.1 Å². The van der Waals surface area contributed by atoms with Crippen LogP contribution in [-0.2, 0) is 9.59 Å². The third-order valence-electron chi connectivity index (χ3n) is 2.00. The highest BCUT2D eigenvalue weighted by Crippen LogP contribution is 2.23. The van der Waals surface area contributed by atoms with E-state index >= 15 is 0 Å². The summed E-state index contributed by atoms with van der Waals surface area (Å²) >= 11 is 0. The number of aliphatic carboxylic acids is 1. The summed E-state index contributed by atoms with van der Waals surface area (Å²) in [5.41, 5.74) is 0. The van der Waals surface area contributed by atoms with E-state index < -0.39 is 24.5 Å². The van der Waals surface area contributed by atoms with Crippen LogP contribution in [-0.4, -0.2) is 46.5 Å². The molecule has 0 spiro atoms. The van der Waals surface area contributed by atoms with Crippen LogP contribution in [0.5, 0.6) is 11.5 Å². The summed E-state index contributed by atoms with van der Waals surface area (Å²) in [6.07, 6.45) is -1.65. The first kappa shape index (κ1) is 13.8. The fourth-order valence-electron chi connectivity index (χ4n) is 1.07. The number of carbonyl (C=O) groups is 2. The summed E-state index contributed by atoms with van der Waals surface area (Å²) in [7, 11) is 0. The summed E-state index contributed by atoms with van der Waals surface area (Å²) in [6, 6.07) is 6.11. The molecule has 1 amide bonds. The molecular formula is C11H13NO6. The fraction of sp³-hybridized carbons (Fsp3) is 0.273. The molecule has 18 heavy (non-hydrogen) atoms. The van der Waals surface area contributed by atoms with Crippen LogP contribution < -0.4 is 10.1 Å². The first-order valence-electron chi connectivity index (χ1n) is 5.09. The Hall–Kier alpha value is -2.28. The number of carboxylic acids is 1. The number of aliphatic hydroxyl groups excluding tert-OH is 1. The highest BCUT2D eigenvalue weighted by Gasteiger charge is 2.14. The summed E-state index contributed by atoms with van der Waals surface area (Å²) < 4.78 is 5.00. The summed E-state index contributed by atoms with van der Waals surface area (Å²) in [4.78, 5) is 21.5. The third kappa shape index (κ3) is 4.30. The molecular weight excluding hydrogens is 242 g/mol. The van der Waals surface area contributed by atoms with Crippen molar-refractivity contribution in [2.45, 2.75) is 6.10 Å². The molecule has 0 saturated carbocycles. The van der Waals surface area contributed by atoms with Crippen LogP contribution in [0.25, 0.3) is 0 Å². The van der Waals surface area contributed by atoms with Crippen LogP contribution in [0, 0.1) is 0 Å². The molecule has 0 aliphatic rings. The van der Waals surface area contributed by atoms with E-state index in [9.17, 15) is 14.7 Å². The van der Waals surface area contributed by atoms with Gasteiger partial charge in [0.25, 0.3) is 5.91 Å². The molecule has 1 atom stereocenters. The molecule has 0 aliphatic heterocycles. The summed E-state index contributed by atoms with van der Waals surface area (Å²) in [5.74, 6) is -1.97. The number of amides is 1. The van der Waals surface area contributed by atoms with Gasteiger partial charge in [0.1, 0.15) is 0 Å². The van der Waals surface area contributed by atoms with Gasteiger partial charge in [0.05, 0.1) is 6.54 Å². The number of carboxylic acid groups (broad SMARTS) is 1. The number of aliphatic hydroxyl groups is 1. The number of para-hydroxylation sites is 2. The zero-order valence-corrected chi connectivity index (χ0v) is 9.37. The zero-order chi connectivity index (χ0) is 13.5. The molecule has 0 aromatic heterocycles. The van der Waals surface area contributed by atoms with Gasteiger partial charge in [-0.2, -0.15) is 0 Å². The molecule has 0 unspecified atom stereocenters. The number of phenolic OH excluding ortho intramolecular Hbond substituents is 1. The predicted molar refractivity (Wildman–Crippen MR) is 60.3 cm³/mol. The van der Waals surface area contributed by atoms with Gasteiger partial charge in [-0.25, -0.2) is 4.79 Å². The number of aromatic hydroxyl groups is 1. The van der Waals surface area contributed by atoms with E-state index in [1.54, 1.807) is 12.1 Å². The average molecular weight is 255 g/mol. The Morgan fingerprint density at radius 3 is 2.61 bits per heavy atom. The molecule has 1 aromatic carbocycles. The minimum atomic E-state index is -1.65. The van der Waals surface area contributed by atoms with Crippen LogP contribution in [0.15, 0.2) is 24.3 Å². The predicted octanol–water partition coefficient (Wildman–Crippen LogP) is -0.667. The minimum absolute atomic E-state index is 0.101. The van der Waals surface area contributed by atoms with Gasteiger partial charge in [-0.1, -0.05) is 12.1 Å². The average Bonchev–Trinajstić information content (AvgIpc) is 2.34. The van der Waals surface area contributed by atoms with Gasteiger partial charge in [-0.15, -0.1) is 0 Å². The van der Waals surface area contributed by atoms with E-state index in [0.717, 1.165) is 0 Å². The number of benzene rings is 1. The second-order valence-electron chi connectivity index (χ2n) is 3.41. The van der Waals surface area contributed by atoms with Crippen molar-refractivity contribution in [2.75, 3.05) is 13.2 Å². The van der Waals surface area contributed by atoms with E-state index in [-0.39, 0.29) is 18.1 Å². The van der Waals surface area contributed by atoms with Gasteiger partial charge in [-0.3, -0.25) is 4.79 Å². The molecule has 98 valence electrons. The minimum Gasteiger partial charge on any atom is -0.504 e. The number of ether oxygens (including phenoxy) is 1. The number of phenols is 1. The molecule has 1 aromatic rings. The summed E-state index contributed by atoms with van der Waals surface area (Å²) in [5, 5.41) is 28.8. The second-order valence-corrected chi connectivity index (χ2v) is 3.41. The van der Waals surface area contributed by atoms with Crippen molar-refractivity contribution in [3.63, 3.8) is 0 Å². The standard InChI is InChI=1S/C11H13NO6/c13-7-3-1-2-4-9(7)18-6-10(15)12-5-8(14)11(16)17/h1-4,8,13-14H,5-6H2,(H,12,15)(H,16,17)/t8-/m0/s1. The van der Waals surface area contributed by atoms with Gasteiger partial charge in [0, 0.05) is 0 Å². The Morgan fingerprint density at radius 2 is 2.00 bits per heavy atom. The Labute approximate surface area is 103 Å². The van der Waals surface area contributed by atoms with Crippen molar-refractivity contribution < 1.29 is 29.6 Å².